The van der Waals surface area contributed by atoms with Gasteiger partial charge in [-0.2, -0.15) is 0 Å². The lowest BCUT2D eigenvalue weighted by Crippen LogP contribution is -2.22. The molecule has 2 aromatic carbocycles. The predicted octanol–water partition coefficient (Wildman–Crippen LogP) is 3.45. The number of pyridine rings is 1. The molecule has 33 heavy (non-hydrogen) atoms. The number of anilines is 2. The Bertz CT molecular complexity index is 1250. The van der Waals surface area contributed by atoms with Gasteiger partial charge in [-0.3, -0.25) is 9.59 Å². The average Bonchev–Trinajstić information content (AvgIpc) is 2.79. The first kappa shape index (κ1) is 24.4. The van der Waals surface area contributed by atoms with Crippen molar-refractivity contribution in [3.8, 4) is 0 Å². The van der Waals surface area contributed by atoms with Gasteiger partial charge in [-0.25, -0.2) is 22.1 Å². The van der Waals surface area contributed by atoms with Crippen molar-refractivity contribution in [3.63, 3.8) is 0 Å². The maximum absolute atomic E-state index is 13.1. The van der Waals surface area contributed by atoms with Crippen LogP contribution in [0, 0.1) is 5.82 Å². The van der Waals surface area contributed by atoms with Crippen LogP contribution in [0.15, 0.2) is 76.8 Å². The molecule has 1 heterocycles. The molecule has 2 amide bonds. The average molecular weight is 489 g/mol. The molecule has 0 aliphatic rings. The fourth-order valence-electron chi connectivity index (χ4n) is 2.66. The number of hydrogen-bond donors (Lipinski definition) is 2. The minimum absolute atomic E-state index is 0.000687. The van der Waals surface area contributed by atoms with E-state index in [0.717, 1.165) is 16.1 Å². The van der Waals surface area contributed by atoms with Gasteiger partial charge in [0.1, 0.15) is 10.7 Å². The standard InChI is InChI=1S/C22H21FN4O4S2/c1-27(2)33(30,31)17-11-12-21(24-13-17)32-14-20(28)26-19-6-4-3-5-18(19)22(29)25-16-9-7-15(23)8-10-16/h3-13H,14H2,1-2H3,(H,25,29)(H,26,28). The number of hydrogen-bond acceptors (Lipinski definition) is 6. The number of nitrogens with zero attached hydrogens (tertiary/aromatic N) is 2. The van der Waals surface area contributed by atoms with E-state index in [-0.39, 0.29) is 22.1 Å². The molecule has 3 rings (SSSR count). The Labute approximate surface area is 195 Å². The Hall–Kier alpha value is -3.28. The minimum atomic E-state index is -3.58. The third kappa shape index (κ3) is 6.37. The lowest BCUT2D eigenvalue weighted by molar-refractivity contribution is -0.113. The Morgan fingerprint density at radius 1 is 1.00 bits per heavy atom. The second-order valence-electron chi connectivity index (χ2n) is 6.96. The molecule has 3 aromatic rings. The number of thioether (sulfide) groups is 1. The highest BCUT2D eigenvalue weighted by atomic mass is 32.2. The second-order valence-corrected chi connectivity index (χ2v) is 10.1. The lowest BCUT2D eigenvalue weighted by Gasteiger charge is -2.12. The highest BCUT2D eigenvalue weighted by Crippen LogP contribution is 2.21. The van der Waals surface area contributed by atoms with Crippen molar-refractivity contribution < 1.29 is 22.4 Å². The van der Waals surface area contributed by atoms with Crippen molar-refractivity contribution in [2.24, 2.45) is 0 Å². The molecule has 1 aromatic heterocycles. The van der Waals surface area contributed by atoms with E-state index in [2.05, 4.69) is 15.6 Å². The van der Waals surface area contributed by atoms with Crippen LogP contribution in [0.4, 0.5) is 15.8 Å². The highest BCUT2D eigenvalue weighted by Gasteiger charge is 2.18. The number of rotatable bonds is 8. The van der Waals surface area contributed by atoms with Crippen LogP contribution in [-0.2, 0) is 14.8 Å². The van der Waals surface area contributed by atoms with Gasteiger partial charge >= 0.3 is 0 Å². The first-order chi connectivity index (χ1) is 15.7. The third-order valence-corrected chi connectivity index (χ3v) is 7.13. The van der Waals surface area contributed by atoms with E-state index in [1.807, 2.05) is 0 Å². The number of carbonyl (C=O) groups is 2. The van der Waals surface area contributed by atoms with Crippen LogP contribution in [-0.4, -0.2) is 49.4 Å². The van der Waals surface area contributed by atoms with Gasteiger partial charge in [-0.05, 0) is 48.5 Å². The van der Waals surface area contributed by atoms with Gasteiger partial charge < -0.3 is 10.6 Å². The summed E-state index contributed by atoms with van der Waals surface area (Å²) >= 11 is 1.13. The molecule has 0 atom stereocenters. The lowest BCUT2D eigenvalue weighted by atomic mass is 10.1. The van der Waals surface area contributed by atoms with Crippen molar-refractivity contribution >= 4 is 45.0 Å². The predicted molar refractivity (Wildman–Crippen MR) is 125 cm³/mol. The Kier molecular flexibility index (Phi) is 7.79. The summed E-state index contributed by atoms with van der Waals surface area (Å²) in [6.07, 6.45) is 1.24. The summed E-state index contributed by atoms with van der Waals surface area (Å²) < 4.78 is 38.3. The van der Waals surface area contributed by atoms with Crippen LogP contribution in [0.5, 0.6) is 0 Å². The van der Waals surface area contributed by atoms with Gasteiger partial charge in [0.2, 0.25) is 15.9 Å². The summed E-state index contributed by atoms with van der Waals surface area (Å²) in [5.74, 6) is -1.24. The molecule has 172 valence electrons. The summed E-state index contributed by atoms with van der Waals surface area (Å²) in [6.45, 7) is 0. The van der Waals surface area contributed by atoms with Crippen LogP contribution in [0.1, 0.15) is 10.4 Å². The largest absolute Gasteiger partial charge is 0.325 e. The molecule has 0 aliphatic carbocycles. The maximum atomic E-state index is 13.1. The van der Waals surface area contributed by atoms with Crippen LogP contribution < -0.4 is 10.6 Å². The Morgan fingerprint density at radius 3 is 2.33 bits per heavy atom. The van der Waals surface area contributed by atoms with Crippen molar-refractivity contribution in [1.29, 1.82) is 0 Å². The number of halogens is 1. The van der Waals surface area contributed by atoms with E-state index >= 15 is 0 Å². The zero-order valence-electron chi connectivity index (χ0n) is 17.8. The monoisotopic (exact) mass is 488 g/mol. The van der Waals surface area contributed by atoms with Gasteiger partial charge in [-0.15, -0.1) is 0 Å². The van der Waals surface area contributed by atoms with Crippen LogP contribution in [0.25, 0.3) is 0 Å². The fourth-order valence-corrected chi connectivity index (χ4v) is 4.15. The number of amides is 2. The third-order valence-electron chi connectivity index (χ3n) is 4.39. The smallest absolute Gasteiger partial charge is 0.257 e. The van der Waals surface area contributed by atoms with Gasteiger partial charge in [0.25, 0.3) is 5.91 Å². The molecule has 8 nitrogen and oxygen atoms in total. The van der Waals surface area contributed by atoms with Gasteiger partial charge in [0, 0.05) is 26.0 Å². The zero-order chi connectivity index (χ0) is 24.0. The Balaban J connectivity index is 1.62. The maximum Gasteiger partial charge on any atom is 0.257 e. The molecule has 0 saturated heterocycles. The summed E-state index contributed by atoms with van der Waals surface area (Å²) in [7, 11) is -0.716. The quantitative estimate of drug-likeness (QED) is 0.470. The van der Waals surface area contributed by atoms with Crippen molar-refractivity contribution in [3.05, 3.63) is 78.2 Å². The molecule has 0 fully saturated rings. The summed E-state index contributed by atoms with van der Waals surface area (Å²) in [5, 5.41) is 5.83. The highest BCUT2D eigenvalue weighted by molar-refractivity contribution is 7.99. The van der Waals surface area contributed by atoms with Gasteiger partial charge in [-0.1, -0.05) is 23.9 Å². The van der Waals surface area contributed by atoms with Crippen LogP contribution >= 0.6 is 11.8 Å². The zero-order valence-corrected chi connectivity index (χ0v) is 19.4. The van der Waals surface area contributed by atoms with Crippen molar-refractivity contribution in [2.45, 2.75) is 9.92 Å². The van der Waals surface area contributed by atoms with E-state index in [4.69, 9.17) is 0 Å². The number of sulfonamides is 1. The fraction of sp³-hybridized carbons (Fsp3) is 0.136. The molecule has 11 heteroatoms. The van der Waals surface area contributed by atoms with E-state index < -0.39 is 21.7 Å². The Morgan fingerprint density at radius 2 is 1.70 bits per heavy atom. The molecule has 0 saturated carbocycles. The molecule has 0 unspecified atom stereocenters. The van der Waals surface area contributed by atoms with E-state index in [1.165, 1.54) is 56.7 Å². The molecule has 0 radical (unpaired) electrons. The molecule has 2 N–H and O–H groups in total. The van der Waals surface area contributed by atoms with E-state index in [0.29, 0.717) is 16.4 Å². The number of aromatic nitrogens is 1. The van der Waals surface area contributed by atoms with Crippen LogP contribution in [0.3, 0.4) is 0 Å². The van der Waals surface area contributed by atoms with Gasteiger partial charge in [0.15, 0.2) is 0 Å². The van der Waals surface area contributed by atoms with E-state index in [1.54, 1.807) is 24.3 Å². The summed E-state index contributed by atoms with van der Waals surface area (Å²) in [4.78, 5) is 29.2. The van der Waals surface area contributed by atoms with E-state index in [9.17, 15) is 22.4 Å². The normalized spacial score (nSPS) is 11.3. The SMILES string of the molecule is CN(C)S(=O)(=O)c1ccc(SCC(=O)Nc2ccccc2C(=O)Nc2ccc(F)cc2)nc1. The minimum Gasteiger partial charge on any atom is -0.325 e. The molecule has 0 spiro atoms. The molecule has 0 aliphatic heterocycles. The molecule has 0 bridgehead atoms. The van der Waals surface area contributed by atoms with Crippen LogP contribution in [0.2, 0.25) is 0 Å². The summed E-state index contributed by atoms with van der Waals surface area (Å²) in [5.41, 5.74) is 0.989. The number of carbonyl (C=O) groups excluding carboxylic acids is 2. The first-order valence-corrected chi connectivity index (χ1v) is 12.1. The number of para-hydroxylation sites is 1. The molecular weight excluding hydrogens is 467 g/mol. The first-order valence-electron chi connectivity index (χ1n) is 9.64. The van der Waals surface area contributed by atoms with Gasteiger partial charge in [0.05, 0.1) is 22.0 Å². The second kappa shape index (κ2) is 10.6. The van der Waals surface area contributed by atoms with Crippen molar-refractivity contribution in [1.82, 2.24) is 9.29 Å². The van der Waals surface area contributed by atoms with Crippen molar-refractivity contribution in [2.75, 3.05) is 30.5 Å². The topological polar surface area (TPSA) is 108 Å². The number of benzene rings is 2. The molecular formula is C22H21FN4O4S2. The summed E-state index contributed by atoms with van der Waals surface area (Å²) in [6, 6.07) is 14.8. The number of nitrogens with one attached hydrogen (secondary N) is 2.